The number of Topliss-reactive ketones (excluding diaryl/α,β-unsaturated/α-hetero) is 1. The van der Waals surface area contributed by atoms with Gasteiger partial charge in [0.25, 0.3) is 11.7 Å². The Balaban J connectivity index is 2.09. The van der Waals surface area contributed by atoms with Gasteiger partial charge >= 0.3 is 0 Å². The number of aryl methyl sites for hydroxylation is 1. The molecule has 1 fully saturated rings. The highest BCUT2D eigenvalue weighted by atomic mass is 35.5. The molecule has 1 amide bonds. The minimum absolute atomic E-state index is 0.102. The lowest BCUT2D eigenvalue weighted by atomic mass is 9.95. The van der Waals surface area contributed by atoms with E-state index >= 15 is 0 Å². The van der Waals surface area contributed by atoms with Crippen molar-refractivity contribution in [2.24, 2.45) is 0 Å². The van der Waals surface area contributed by atoms with E-state index in [4.69, 9.17) is 11.6 Å². The van der Waals surface area contributed by atoms with E-state index < -0.39 is 17.7 Å². The second kappa shape index (κ2) is 9.45. The monoisotopic (exact) mass is 426 g/mol. The van der Waals surface area contributed by atoms with Gasteiger partial charge in [0.2, 0.25) is 0 Å². The number of carbonyl (C=O) groups is 2. The lowest BCUT2D eigenvalue weighted by molar-refractivity contribution is -0.140. The van der Waals surface area contributed by atoms with E-state index in [0.29, 0.717) is 29.2 Å². The molecule has 6 heteroatoms. The van der Waals surface area contributed by atoms with Gasteiger partial charge in [-0.25, -0.2) is 0 Å². The lowest BCUT2D eigenvalue weighted by Crippen LogP contribution is -2.38. The van der Waals surface area contributed by atoms with Crippen molar-refractivity contribution < 1.29 is 14.7 Å². The number of nitrogens with zero attached hydrogens (tertiary/aromatic N) is 2. The third-order valence-electron chi connectivity index (χ3n) is 5.58. The number of aliphatic hydroxyl groups is 1. The smallest absolute Gasteiger partial charge is 0.295 e. The number of benzene rings is 2. The fraction of sp³-hybridized carbons (Fsp3) is 0.333. The van der Waals surface area contributed by atoms with Crippen molar-refractivity contribution in [3.8, 4) is 0 Å². The first-order chi connectivity index (χ1) is 14.4. The quantitative estimate of drug-likeness (QED) is 0.404. The average Bonchev–Trinajstić information content (AvgIpc) is 2.99. The van der Waals surface area contributed by atoms with Gasteiger partial charge in [0.05, 0.1) is 11.6 Å². The molecule has 158 valence electrons. The SMILES string of the molecule is CCN(CC)CCN1C(=O)C(=O)C(=C(O)c2ccc(C)cc2)[C@H]1c1cccc(Cl)c1. The number of ketones is 1. The summed E-state index contributed by atoms with van der Waals surface area (Å²) in [6, 6.07) is 13.6. The Morgan fingerprint density at radius 1 is 1.10 bits per heavy atom. The number of amides is 1. The van der Waals surface area contributed by atoms with Gasteiger partial charge < -0.3 is 14.9 Å². The summed E-state index contributed by atoms with van der Waals surface area (Å²) in [5.74, 6) is -1.43. The van der Waals surface area contributed by atoms with Gasteiger partial charge in [-0.2, -0.15) is 0 Å². The molecule has 5 nitrogen and oxygen atoms in total. The number of rotatable bonds is 7. The maximum absolute atomic E-state index is 13.0. The van der Waals surface area contributed by atoms with E-state index in [1.54, 1.807) is 35.2 Å². The number of hydrogen-bond donors (Lipinski definition) is 1. The molecule has 0 bridgehead atoms. The van der Waals surface area contributed by atoms with E-state index in [1.807, 2.05) is 25.1 Å². The molecule has 0 aliphatic carbocycles. The Labute approximate surface area is 182 Å². The highest BCUT2D eigenvalue weighted by Gasteiger charge is 2.46. The second-order valence-electron chi connectivity index (χ2n) is 7.44. The zero-order chi connectivity index (χ0) is 21.8. The van der Waals surface area contributed by atoms with E-state index in [-0.39, 0.29) is 11.3 Å². The second-order valence-corrected chi connectivity index (χ2v) is 7.88. The molecule has 1 heterocycles. The van der Waals surface area contributed by atoms with Crippen molar-refractivity contribution in [3.05, 3.63) is 75.8 Å². The Morgan fingerprint density at radius 3 is 2.37 bits per heavy atom. The van der Waals surface area contributed by atoms with Crippen LogP contribution in [0.5, 0.6) is 0 Å². The summed E-state index contributed by atoms with van der Waals surface area (Å²) in [7, 11) is 0. The Kier molecular flexibility index (Phi) is 6.95. The third kappa shape index (κ3) is 4.42. The highest BCUT2D eigenvalue weighted by molar-refractivity contribution is 6.46. The van der Waals surface area contributed by atoms with Crippen molar-refractivity contribution in [2.45, 2.75) is 26.8 Å². The third-order valence-corrected chi connectivity index (χ3v) is 5.82. The molecule has 0 unspecified atom stereocenters. The average molecular weight is 427 g/mol. The normalized spacial score (nSPS) is 18.4. The van der Waals surface area contributed by atoms with Gasteiger partial charge in [-0.3, -0.25) is 9.59 Å². The molecule has 3 rings (SSSR count). The van der Waals surface area contributed by atoms with Crippen LogP contribution >= 0.6 is 11.6 Å². The Hall–Kier alpha value is -2.63. The summed E-state index contributed by atoms with van der Waals surface area (Å²) >= 11 is 6.20. The largest absolute Gasteiger partial charge is 0.507 e. The number of halogens is 1. The van der Waals surface area contributed by atoms with Crippen molar-refractivity contribution in [2.75, 3.05) is 26.2 Å². The summed E-state index contributed by atoms with van der Waals surface area (Å²) in [5.41, 5.74) is 2.35. The van der Waals surface area contributed by atoms with Crippen LogP contribution in [0.15, 0.2) is 54.1 Å². The van der Waals surface area contributed by atoms with Crippen LogP contribution in [0, 0.1) is 6.92 Å². The number of hydrogen-bond acceptors (Lipinski definition) is 4. The number of carbonyl (C=O) groups excluding carboxylic acids is 2. The predicted molar refractivity (Wildman–Crippen MR) is 119 cm³/mol. The zero-order valence-corrected chi connectivity index (χ0v) is 18.3. The fourth-order valence-electron chi connectivity index (χ4n) is 3.79. The van der Waals surface area contributed by atoms with E-state index in [1.165, 1.54) is 0 Å². The van der Waals surface area contributed by atoms with Gasteiger partial charge in [-0.15, -0.1) is 0 Å². The van der Waals surface area contributed by atoms with Crippen LogP contribution in [0.3, 0.4) is 0 Å². The first kappa shape index (κ1) is 22.1. The van der Waals surface area contributed by atoms with Gasteiger partial charge in [-0.05, 0) is 37.7 Å². The molecule has 1 atom stereocenters. The maximum atomic E-state index is 13.0. The molecule has 0 radical (unpaired) electrons. The highest BCUT2D eigenvalue weighted by Crippen LogP contribution is 2.39. The van der Waals surface area contributed by atoms with E-state index in [0.717, 1.165) is 18.7 Å². The molecule has 30 heavy (non-hydrogen) atoms. The van der Waals surface area contributed by atoms with E-state index in [2.05, 4.69) is 18.7 Å². The van der Waals surface area contributed by atoms with Gasteiger partial charge in [0, 0.05) is 23.7 Å². The summed E-state index contributed by atoms with van der Waals surface area (Å²) < 4.78 is 0. The number of likely N-dealkylation sites (tertiary alicyclic amines) is 1. The fourth-order valence-corrected chi connectivity index (χ4v) is 3.99. The maximum Gasteiger partial charge on any atom is 0.295 e. The minimum atomic E-state index is -0.680. The minimum Gasteiger partial charge on any atom is -0.507 e. The first-order valence-electron chi connectivity index (χ1n) is 10.2. The summed E-state index contributed by atoms with van der Waals surface area (Å²) in [5, 5.41) is 11.5. The molecular weight excluding hydrogens is 400 g/mol. The van der Waals surface area contributed by atoms with Crippen LogP contribution in [-0.4, -0.2) is 52.8 Å². The molecule has 2 aromatic rings. The predicted octanol–water partition coefficient (Wildman–Crippen LogP) is 4.41. The van der Waals surface area contributed by atoms with E-state index in [9.17, 15) is 14.7 Å². The van der Waals surface area contributed by atoms with Crippen molar-refractivity contribution in [1.29, 1.82) is 0 Å². The molecule has 1 aliphatic rings. The molecule has 1 saturated heterocycles. The van der Waals surface area contributed by atoms with Gasteiger partial charge in [-0.1, -0.05) is 67.4 Å². The van der Waals surface area contributed by atoms with Crippen molar-refractivity contribution in [3.63, 3.8) is 0 Å². The topological polar surface area (TPSA) is 60.9 Å². The molecular formula is C24H27ClN2O3. The van der Waals surface area contributed by atoms with Crippen LogP contribution < -0.4 is 0 Å². The zero-order valence-electron chi connectivity index (χ0n) is 17.6. The van der Waals surface area contributed by atoms with Crippen LogP contribution in [0.1, 0.15) is 36.6 Å². The standard InChI is InChI=1S/C24H27ClN2O3/c1-4-26(5-2)13-14-27-21(18-7-6-8-19(25)15-18)20(23(29)24(27)30)22(28)17-11-9-16(3)10-12-17/h6-12,15,21,28H,4-5,13-14H2,1-3H3/t21-/m1/s1. The summed E-state index contributed by atoms with van der Waals surface area (Å²) in [4.78, 5) is 29.7. The Morgan fingerprint density at radius 2 is 1.77 bits per heavy atom. The molecule has 0 aromatic heterocycles. The van der Waals surface area contributed by atoms with Crippen LogP contribution in [0.4, 0.5) is 0 Å². The molecule has 0 saturated carbocycles. The molecule has 1 N–H and O–H groups in total. The lowest BCUT2D eigenvalue weighted by Gasteiger charge is -2.28. The Bertz CT molecular complexity index is 965. The summed E-state index contributed by atoms with van der Waals surface area (Å²) in [6.45, 7) is 8.79. The van der Waals surface area contributed by atoms with Crippen LogP contribution in [0.2, 0.25) is 5.02 Å². The van der Waals surface area contributed by atoms with Gasteiger partial charge in [0.1, 0.15) is 5.76 Å². The van der Waals surface area contributed by atoms with Crippen LogP contribution in [-0.2, 0) is 9.59 Å². The number of likely N-dealkylation sites (N-methyl/N-ethyl adjacent to an activating group) is 1. The van der Waals surface area contributed by atoms with Crippen LogP contribution in [0.25, 0.3) is 5.76 Å². The van der Waals surface area contributed by atoms with Crippen molar-refractivity contribution in [1.82, 2.24) is 9.80 Å². The van der Waals surface area contributed by atoms with Crippen molar-refractivity contribution >= 4 is 29.1 Å². The molecule has 2 aromatic carbocycles. The van der Waals surface area contributed by atoms with Gasteiger partial charge in [0.15, 0.2) is 0 Å². The first-order valence-corrected chi connectivity index (χ1v) is 10.6. The summed E-state index contributed by atoms with van der Waals surface area (Å²) in [6.07, 6.45) is 0. The number of aliphatic hydroxyl groups excluding tert-OH is 1. The molecule has 0 spiro atoms. The molecule has 1 aliphatic heterocycles.